The van der Waals surface area contributed by atoms with Crippen LogP contribution in [0, 0.1) is 71.5 Å². The van der Waals surface area contributed by atoms with Crippen molar-refractivity contribution in [2.45, 2.75) is 140 Å². The maximum absolute atomic E-state index is 13.0. The molecule has 61 heavy (non-hydrogen) atoms. The van der Waals surface area contributed by atoms with Gasteiger partial charge in [-0.2, -0.15) is 13.5 Å². The number of rotatable bonds is 26. The highest BCUT2D eigenvalue weighted by Gasteiger charge is 2.56. The Morgan fingerprint density at radius 1 is 0.607 bits per heavy atom. The molecular formula is C38H75O19P3S. The summed E-state index contributed by atoms with van der Waals surface area (Å²) >= 11 is 0. The molecule has 0 aromatic heterocycles. The first kappa shape index (κ1) is 57.9. The van der Waals surface area contributed by atoms with Gasteiger partial charge < -0.3 is 49.3 Å². The summed E-state index contributed by atoms with van der Waals surface area (Å²) in [6, 6.07) is 0. The van der Waals surface area contributed by atoms with Gasteiger partial charge in [0.2, 0.25) is 0 Å². The molecule has 8 atom stereocenters. The van der Waals surface area contributed by atoms with Crippen LogP contribution < -0.4 is 0 Å². The number of phosphoric ester groups is 3. The van der Waals surface area contributed by atoms with Crippen LogP contribution in [0.2, 0.25) is 0 Å². The number of aliphatic hydroxyl groups excluding tert-OH is 3. The van der Waals surface area contributed by atoms with Crippen molar-refractivity contribution in [2.24, 2.45) is 0 Å². The molecule has 0 aromatic rings. The highest BCUT2D eigenvalue weighted by Crippen LogP contribution is 2.51. The van der Waals surface area contributed by atoms with E-state index in [0.717, 1.165) is 25.7 Å². The Balaban J connectivity index is -0.000000300. The molecule has 8 N–H and O–H groups in total. The van der Waals surface area contributed by atoms with Gasteiger partial charge in [-0.3, -0.25) is 22.9 Å². The van der Waals surface area contributed by atoms with E-state index < -0.39 is 91.3 Å². The third kappa shape index (κ3) is 28.2. The van der Waals surface area contributed by atoms with Crippen molar-refractivity contribution in [3.63, 3.8) is 0 Å². The van der Waals surface area contributed by atoms with Crippen LogP contribution in [0.5, 0.6) is 0 Å². The summed E-state index contributed by atoms with van der Waals surface area (Å²) < 4.78 is 64.4. The van der Waals surface area contributed by atoms with Gasteiger partial charge in [0.25, 0.3) is 0 Å². The van der Waals surface area contributed by atoms with Crippen LogP contribution in [-0.4, -0.2) is 108 Å². The summed E-state index contributed by atoms with van der Waals surface area (Å²) in [5.74, 6) is 22.8. The molecule has 1 aliphatic rings. The van der Waals surface area contributed by atoms with Gasteiger partial charge in [-0.25, -0.2) is 18.5 Å². The monoisotopic (exact) mass is 960 g/mol. The Labute approximate surface area is 379 Å². The van der Waals surface area contributed by atoms with E-state index >= 15 is 0 Å². The van der Waals surface area contributed by atoms with Crippen LogP contribution in [0.3, 0.4) is 0 Å². The minimum Gasteiger partial charge on any atom is -0.456 e. The fourth-order valence-electron chi connectivity index (χ4n) is 5.40. The molecule has 1 rings (SSSR count). The maximum Gasteiger partial charge on any atom is 0.472 e. The molecule has 23 heteroatoms. The first-order valence-electron chi connectivity index (χ1n) is 18.8. The second-order valence-electron chi connectivity index (χ2n) is 13.0. The van der Waals surface area contributed by atoms with Crippen LogP contribution >= 0.6 is 37.0 Å². The van der Waals surface area contributed by atoms with Gasteiger partial charge in [0.05, 0.1) is 6.61 Å². The van der Waals surface area contributed by atoms with E-state index in [1.807, 2.05) is 5.92 Å². The molecule has 0 bridgehead atoms. The van der Waals surface area contributed by atoms with Crippen molar-refractivity contribution < 1.29 is 106 Å². The molecule has 1 fully saturated rings. The number of carbonyl (C=O) groups excluding carboxylic acids is 2. The standard InChI is InChI=1S/C38H51O19P3.H2S.11H2/c1-3-5-7-9-11-13-15-16-17-19-21-23-25-27-32(40)54-30(28-52-31(39)26-24-22-20-18-14-12-10-8-6-4-2)29-53-60(50,51)57-36-33(41)34(42)37(55-58(44,45)46)38(35(36)43)56-59(47,48)49;;;;;;;;;;;;/h2,30,33-38,41-43H,3,5,7,9,11,13,15-17,19,21,23,25,27-29H2,1H3,(H,50,51)(H2,44,45,46)(H2,47,48,49);1H2;11*1H/t30-,33?,34-,35+,36?,37?,38+;;;;;;;;;;;;/m1............/s1. The molecule has 0 spiro atoms. The van der Waals surface area contributed by atoms with Gasteiger partial charge in [0, 0.05) is 28.0 Å². The van der Waals surface area contributed by atoms with Crippen molar-refractivity contribution in [3.8, 4) is 71.5 Å². The number of esters is 2. The van der Waals surface area contributed by atoms with Gasteiger partial charge >= 0.3 is 35.4 Å². The molecule has 362 valence electrons. The predicted octanol–water partition coefficient (Wildman–Crippen LogP) is 4.95. The number of unbranched alkanes of at least 4 members (excludes halogenated alkanes) is 12. The summed E-state index contributed by atoms with van der Waals surface area (Å²) in [6.07, 6.45) is 1.93. The van der Waals surface area contributed by atoms with Gasteiger partial charge in [0.15, 0.2) is 6.10 Å². The minimum atomic E-state index is -5.63. The first-order chi connectivity index (χ1) is 28.3. The third-order valence-electron chi connectivity index (χ3n) is 8.14. The highest BCUT2D eigenvalue weighted by molar-refractivity contribution is 7.59. The number of hydrogen-bond donors (Lipinski definition) is 8. The molecule has 1 saturated carbocycles. The van der Waals surface area contributed by atoms with E-state index in [4.69, 9.17) is 24.9 Å². The number of ether oxygens (including phenoxy) is 2. The van der Waals surface area contributed by atoms with Crippen LogP contribution in [0.25, 0.3) is 0 Å². The van der Waals surface area contributed by atoms with Crippen molar-refractivity contribution in [1.82, 2.24) is 0 Å². The number of carbonyl (C=O) groups is 2. The molecule has 0 radical (unpaired) electrons. The fraction of sp³-hybridized carbons (Fsp3) is 0.632. The van der Waals surface area contributed by atoms with Crippen molar-refractivity contribution in [1.29, 1.82) is 0 Å². The highest BCUT2D eigenvalue weighted by atomic mass is 32.1. The van der Waals surface area contributed by atoms with Crippen LogP contribution in [-0.2, 0) is 50.9 Å². The normalized spacial score (nSPS) is 20.8. The van der Waals surface area contributed by atoms with Crippen molar-refractivity contribution in [2.75, 3.05) is 13.2 Å². The summed E-state index contributed by atoms with van der Waals surface area (Å²) in [6.45, 7) is 0.365. The third-order valence-corrected chi connectivity index (χ3v) is 10.2. The van der Waals surface area contributed by atoms with E-state index in [-0.39, 0.29) is 35.6 Å². The molecule has 19 nitrogen and oxygen atoms in total. The smallest absolute Gasteiger partial charge is 0.456 e. The summed E-state index contributed by atoms with van der Waals surface area (Å²) in [7, 11) is -16.7. The molecular weight excluding hydrogens is 885 g/mol. The molecule has 0 amide bonds. The van der Waals surface area contributed by atoms with E-state index in [1.165, 1.54) is 44.9 Å². The summed E-state index contributed by atoms with van der Waals surface area (Å²) in [4.78, 5) is 72.2. The van der Waals surface area contributed by atoms with Gasteiger partial charge in [-0.15, -0.1) is 6.42 Å². The van der Waals surface area contributed by atoms with Gasteiger partial charge in [0.1, 0.15) is 43.2 Å². The molecule has 4 unspecified atom stereocenters. The van der Waals surface area contributed by atoms with E-state index in [0.29, 0.717) is 12.8 Å². The fourth-order valence-corrected chi connectivity index (χ4v) is 7.50. The second-order valence-corrected chi connectivity index (χ2v) is 16.8. The van der Waals surface area contributed by atoms with Crippen LogP contribution in [0.1, 0.15) is 113 Å². The van der Waals surface area contributed by atoms with E-state index in [2.05, 4.69) is 75.2 Å². The Morgan fingerprint density at radius 3 is 1.51 bits per heavy atom. The number of phosphoric acid groups is 3. The maximum atomic E-state index is 13.0. The Bertz CT molecular complexity index is 1930. The topological polar surface area (TPSA) is 303 Å². The SMILES string of the molecule is C#CC#CC#CC#CC#CC#CC(=O)OC[C@H](COP(=O)(O)OC1C(O)[C@@H](O)C(OP(=O)(O)O)[C@@H](OP(=O)(O)O)[C@H]1O)OC(=O)CCCCCCCCCCCCCCC.S.[HH].[HH].[HH].[HH].[HH].[HH].[HH].[HH].[HH].[HH].[HH]. The zero-order valence-electron chi connectivity index (χ0n) is 33.3. The van der Waals surface area contributed by atoms with E-state index in [9.17, 15) is 63.1 Å². The first-order valence-corrected chi connectivity index (χ1v) is 23.4. The van der Waals surface area contributed by atoms with E-state index in [1.54, 1.807) is 0 Å². The number of hydrogen-bond acceptors (Lipinski definition) is 14. The second kappa shape index (κ2) is 31.7. The lowest BCUT2D eigenvalue weighted by Gasteiger charge is -2.44. The summed E-state index contributed by atoms with van der Waals surface area (Å²) in [5, 5.41) is 31.6. The molecule has 0 saturated heterocycles. The average Bonchev–Trinajstić information content (AvgIpc) is 3.16. The van der Waals surface area contributed by atoms with Crippen molar-refractivity contribution in [3.05, 3.63) is 0 Å². The molecule has 0 aliphatic heterocycles. The minimum absolute atomic E-state index is 0. The predicted molar refractivity (Wildman–Crippen MR) is 245 cm³/mol. The van der Waals surface area contributed by atoms with Crippen molar-refractivity contribution >= 4 is 48.9 Å². The Morgan fingerprint density at radius 2 is 1.03 bits per heavy atom. The molecule has 0 heterocycles. The zero-order chi connectivity index (χ0) is 45.0. The zero-order valence-corrected chi connectivity index (χ0v) is 37.0. The number of aliphatic hydroxyl groups is 3. The number of terminal acetylenes is 1. The lowest BCUT2D eigenvalue weighted by Crippen LogP contribution is -2.65. The lowest BCUT2D eigenvalue weighted by atomic mass is 9.85. The van der Waals surface area contributed by atoms with Gasteiger partial charge in [-0.05, 0) is 65.6 Å². The lowest BCUT2D eigenvalue weighted by molar-refractivity contribution is -0.213. The summed E-state index contributed by atoms with van der Waals surface area (Å²) in [5.41, 5.74) is 0. The Kier molecular flexibility index (Phi) is 30.0. The molecule has 0 aromatic carbocycles. The van der Waals surface area contributed by atoms with Gasteiger partial charge in [-0.1, -0.05) is 84.0 Å². The van der Waals surface area contributed by atoms with Crippen LogP contribution in [0.4, 0.5) is 0 Å². The average molecular weight is 961 g/mol. The Hall–Kier alpha value is -3.14. The molecule has 1 aliphatic carbocycles. The van der Waals surface area contributed by atoms with Crippen LogP contribution in [0.15, 0.2) is 0 Å². The quantitative estimate of drug-likeness (QED) is 0.0187. The largest absolute Gasteiger partial charge is 0.472 e.